The first-order valence-corrected chi connectivity index (χ1v) is 11.2. The summed E-state index contributed by atoms with van der Waals surface area (Å²) in [6.07, 6.45) is 1.73. The molecule has 0 fully saturated rings. The lowest BCUT2D eigenvalue weighted by molar-refractivity contribution is 0.481. The Hall–Kier alpha value is -2.89. The second kappa shape index (κ2) is 7.85. The maximum absolute atomic E-state index is 12.1. The van der Waals surface area contributed by atoms with Crippen LogP contribution in [0.15, 0.2) is 83.9 Å². The van der Waals surface area contributed by atoms with Crippen molar-refractivity contribution >= 4 is 32.3 Å². The van der Waals surface area contributed by atoms with E-state index in [-0.39, 0.29) is 10.6 Å². The molecule has 0 atom stereocenters. The highest BCUT2D eigenvalue weighted by molar-refractivity contribution is 7.91. The van der Waals surface area contributed by atoms with Crippen LogP contribution in [0.25, 0.3) is 22.0 Å². The van der Waals surface area contributed by atoms with Crippen LogP contribution in [0.5, 0.6) is 11.5 Å². The van der Waals surface area contributed by atoms with Gasteiger partial charge in [0.2, 0.25) is 0 Å². The molecule has 4 rings (SSSR count). The Kier molecular flexibility index (Phi) is 5.26. The molecule has 29 heavy (non-hydrogen) atoms. The van der Waals surface area contributed by atoms with Gasteiger partial charge in [-0.05, 0) is 53.6 Å². The molecule has 0 aliphatic rings. The highest BCUT2D eigenvalue weighted by atomic mass is 35.5. The zero-order chi connectivity index (χ0) is 20.4. The molecule has 0 N–H and O–H groups in total. The fourth-order valence-electron chi connectivity index (χ4n) is 3.15. The summed E-state index contributed by atoms with van der Waals surface area (Å²) in [6.45, 7) is 1.62. The minimum Gasteiger partial charge on any atom is -0.457 e. The summed E-state index contributed by atoms with van der Waals surface area (Å²) >= 11 is 6.28. The molecule has 0 bridgehead atoms. The number of hydrogen-bond acceptors (Lipinski definition) is 4. The van der Waals surface area contributed by atoms with Crippen LogP contribution in [-0.4, -0.2) is 19.2 Å². The Labute approximate surface area is 174 Å². The average molecular weight is 424 g/mol. The minimum absolute atomic E-state index is 0.0453. The molecule has 0 aliphatic carbocycles. The molecule has 3 aromatic carbocycles. The van der Waals surface area contributed by atoms with Gasteiger partial charge in [-0.25, -0.2) is 8.42 Å². The largest absolute Gasteiger partial charge is 0.457 e. The predicted molar refractivity (Wildman–Crippen MR) is 116 cm³/mol. The number of fused-ring (bicyclic) bond motifs is 1. The van der Waals surface area contributed by atoms with Crippen LogP contribution in [-0.2, 0) is 9.84 Å². The number of ether oxygens (including phenoxy) is 1. The first-order chi connectivity index (χ1) is 14.0. The van der Waals surface area contributed by atoms with E-state index >= 15 is 0 Å². The lowest BCUT2D eigenvalue weighted by Crippen LogP contribution is -2.03. The van der Waals surface area contributed by atoms with Crippen LogP contribution < -0.4 is 4.74 Å². The number of pyridine rings is 1. The van der Waals surface area contributed by atoms with Crippen LogP contribution >= 0.6 is 11.6 Å². The maximum atomic E-state index is 12.1. The Morgan fingerprint density at radius 1 is 0.931 bits per heavy atom. The SMILES string of the molecule is CCS(=O)(=O)c1cccc(Oc2cccc(-c3ccnc4c(Cl)cccc34)c2)c1. The Morgan fingerprint density at radius 2 is 1.66 bits per heavy atom. The van der Waals surface area contributed by atoms with Gasteiger partial charge in [0.05, 0.1) is 21.2 Å². The summed E-state index contributed by atoms with van der Waals surface area (Å²) in [5, 5.41) is 1.55. The quantitative estimate of drug-likeness (QED) is 0.386. The molecule has 0 saturated heterocycles. The van der Waals surface area contributed by atoms with Gasteiger partial charge in [-0.2, -0.15) is 0 Å². The smallest absolute Gasteiger partial charge is 0.178 e. The normalized spacial score (nSPS) is 11.5. The fourth-order valence-corrected chi connectivity index (χ4v) is 4.29. The van der Waals surface area contributed by atoms with Gasteiger partial charge in [0.1, 0.15) is 11.5 Å². The monoisotopic (exact) mass is 423 g/mol. The summed E-state index contributed by atoms with van der Waals surface area (Å²) in [6, 6.07) is 21.8. The molecule has 0 spiro atoms. The highest BCUT2D eigenvalue weighted by Gasteiger charge is 2.13. The molecule has 0 saturated carbocycles. The summed E-state index contributed by atoms with van der Waals surface area (Å²) in [4.78, 5) is 4.63. The van der Waals surface area contributed by atoms with E-state index in [4.69, 9.17) is 16.3 Å². The molecule has 6 heteroatoms. The van der Waals surface area contributed by atoms with E-state index in [1.807, 2.05) is 48.5 Å². The topological polar surface area (TPSA) is 56.3 Å². The molecule has 1 heterocycles. The van der Waals surface area contributed by atoms with Crippen molar-refractivity contribution in [2.24, 2.45) is 0 Å². The van der Waals surface area contributed by atoms with Crippen LogP contribution in [0.4, 0.5) is 0 Å². The third-order valence-electron chi connectivity index (χ3n) is 4.65. The van der Waals surface area contributed by atoms with Gasteiger partial charge >= 0.3 is 0 Å². The van der Waals surface area contributed by atoms with Crippen molar-refractivity contribution in [3.8, 4) is 22.6 Å². The molecule has 146 valence electrons. The van der Waals surface area contributed by atoms with Gasteiger partial charge < -0.3 is 4.74 Å². The van der Waals surface area contributed by atoms with Crippen LogP contribution in [0.1, 0.15) is 6.92 Å². The molecule has 4 aromatic rings. The van der Waals surface area contributed by atoms with Gasteiger partial charge in [0.25, 0.3) is 0 Å². The fraction of sp³-hybridized carbons (Fsp3) is 0.0870. The van der Waals surface area contributed by atoms with Crippen molar-refractivity contribution in [3.05, 3.63) is 84.0 Å². The van der Waals surface area contributed by atoms with E-state index in [9.17, 15) is 8.42 Å². The molecule has 4 nitrogen and oxygen atoms in total. The maximum Gasteiger partial charge on any atom is 0.178 e. The van der Waals surface area contributed by atoms with E-state index in [1.165, 1.54) is 0 Å². The summed E-state index contributed by atoms with van der Waals surface area (Å²) in [5.74, 6) is 1.13. The van der Waals surface area contributed by atoms with Crippen molar-refractivity contribution in [1.29, 1.82) is 0 Å². The molecular weight excluding hydrogens is 406 g/mol. The lowest BCUT2D eigenvalue weighted by Gasteiger charge is -2.11. The van der Waals surface area contributed by atoms with Crippen molar-refractivity contribution in [2.75, 3.05) is 5.75 Å². The number of benzene rings is 3. The van der Waals surface area contributed by atoms with Gasteiger partial charge in [0.15, 0.2) is 9.84 Å². The van der Waals surface area contributed by atoms with Gasteiger partial charge in [-0.1, -0.05) is 48.9 Å². The molecule has 0 aliphatic heterocycles. The average Bonchev–Trinajstić information content (AvgIpc) is 2.74. The third kappa shape index (κ3) is 3.97. The molecule has 0 amide bonds. The first-order valence-electron chi connectivity index (χ1n) is 9.12. The lowest BCUT2D eigenvalue weighted by atomic mass is 10.0. The van der Waals surface area contributed by atoms with Crippen molar-refractivity contribution in [1.82, 2.24) is 4.98 Å². The van der Waals surface area contributed by atoms with Crippen LogP contribution in [0.2, 0.25) is 5.02 Å². The number of aromatic nitrogens is 1. The van der Waals surface area contributed by atoms with Crippen molar-refractivity contribution in [2.45, 2.75) is 11.8 Å². The zero-order valence-corrected chi connectivity index (χ0v) is 17.2. The number of para-hydroxylation sites is 1. The van der Waals surface area contributed by atoms with E-state index in [1.54, 1.807) is 37.4 Å². The van der Waals surface area contributed by atoms with Crippen molar-refractivity contribution in [3.63, 3.8) is 0 Å². The van der Waals surface area contributed by atoms with Crippen molar-refractivity contribution < 1.29 is 13.2 Å². The van der Waals surface area contributed by atoms with E-state index in [0.29, 0.717) is 16.5 Å². The van der Waals surface area contributed by atoms with Crippen LogP contribution in [0.3, 0.4) is 0 Å². The summed E-state index contributed by atoms with van der Waals surface area (Å²) in [7, 11) is -3.29. The van der Waals surface area contributed by atoms with E-state index < -0.39 is 9.84 Å². The van der Waals surface area contributed by atoms with Gasteiger partial charge in [-0.3, -0.25) is 4.98 Å². The second-order valence-electron chi connectivity index (χ2n) is 6.50. The third-order valence-corrected chi connectivity index (χ3v) is 6.68. The van der Waals surface area contributed by atoms with E-state index in [2.05, 4.69) is 4.98 Å². The predicted octanol–water partition coefficient (Wildman–Crippen LogP) is 6.14. The van der Waals surface area contributed by atoms with Gasteiger partial charge in [0, 0.05) is 11.6 Å². The van der Waals surface area contributed by atoms with Crippen LogP contribution in [0, 0.1) is 0 Å². The molecular formula is C23H18ClNO3S. The molecule has 1 aromatic heterocycles. The highest BCUT2D eigenvalue weighted by Crippen LogP contribution is 2.33. The molecule has 0 radical (unpaired) electrons. The van der Waals surface area contributed by atoms with Gasteiger partial charge in [-0.15, -0.1) is 0 Å². The zero-order valence-electron chi connectivity index (χ0n) is 15.7. The second-order valence-corrected chi connectivity index (χ2v) is 9.19. The number of nitrogens with zero attached hydrogens (tertiary/aromatic N) is 1. The first kappa shape index (κ1) is 19.4. The number of hydrogen-bond donors (Lipinski definition) is 0. The minimum atomic E-state index is -3.29. The standard InChI is InChI=1S/C23H18ClNO3S/c1-2-29(26,27)19-9-4-8-18(15-19)28-17-7-3-6-16(14-17)20-12-13-25-23-21(20)10-5-11-22(23)24/h3-15H,2H2,1H3. The van der Waals surface area contributed by atoms with E-state index in [0.717, 1.165) is 22.0 Å². The number of sulfone groups is 1. The summed E-state index contributed by atoms with van der Waals surface area (Å²) in [5.41, 5.74) is 2.69. The Balaban J connectivity index is 1.71. The number of rotatable bonds is 5. The Bertz CT molecular complexity index is 1300. The Morgan fingerprint density at radius 3 is 2.45 bits per heavy atom. The number of halogens is 1. The summed E-state index contributed by atoms with van der Waals surface area (Å²) < 4.78 is 30.2. The molecule has 0 unspecified atom stereocenters.